The lowest BCUT2D eigenvalue weighted by Crippen LogP contribution is -2.14. The minimum Gasteiger partial charge on any atom is -0.478 e. The number of amides is 1. The van der Waals surface area contributed by atoms with Crippen LogP contribution in [0.4, 0.5) is 10.5 Å². The van der Waals surface area contributed by atoms with E-state index >= 15 is 0 Å². The Morgan fingerprint density at radius 1 is 0.800 bits per heavy atom. The Labute approximate surface area is 183 Å². The summed E-state index contributed by atoms with van der Waals surface area (Å²) in [6.45, 7) is 0.0274. The van der Waals surface area contributed by atoms with Gasteiger partial charge in [0.05, 0.1) is 5.56 Å². The van der Waals surface area contributed by atoms with Crippen LogP contribution < -0.4 is 5.32 Å². The summed E-state index contributed by atoms with van der Waals surface area (Å²) in [5.74, 6) is -1.04. The number of carboxylic acids is 1. The fourth-order valence-corrected chi connectivity index (χ4v) is 2.96. The molecule has 0 bridgehead atoms. The molecule has 0 unspecified atom stereocenters. The molecule has 1 amide bonds. The number of halogens is 2. The van der Waals surface area contributed by atoms with E-state index in [-0.39, 0.29) is 12.2 Å². The largest absolute Gasteiger partial charge is 0.478 e. The molecule has 0 radical (unpaired) electrons. The number of carbonyl (C=O) groups excluding carboxylic acids is 1. The first-order valence-electron chi connectivity index (χ1n) is 8.91. The molecule has 0 atom stereocenters. The van der Waals surface area contributed by atoms with Gasteiger partial charge in [0.15, 0.2) is 0 Å². The molecule has 0 aliphatic heterocycles. The van der Waals surface area contributed by atoms with Crippen LogP contribution in [0.15, 0.2) is 78.9 Å². The average molecular weight is 442 g/mol. The van der Waals surface area contributed by atoms with Crippen molar-refractivity contribution in [3.8, 4) is 0 Å². The molecule has 3 rings (SSSR count). The lowest BCUT2D eigenvalue weighted by Gasteiger charge is -2.10. The van der Waals surface area contributed by atoms with Gasteiger partial charge in [0.25, 0.3) is 0 Å². The number of benzene rings is 3. The van der Waals surface area contributed by atoms with E-state index in [0.29, 0.717) is 15.7 Å². The van der Waals surface area contributed by atoms with Crippen molar-refractivity contribution in [3.05, 3.63) is 106 Å². The van der Waals surface area contributed by atoms with Crippen LogP contribution in [0.2, 0.25) is 10.0 Å². The number of anilines is 1. The Hall–Kier alpha value is -3.28. The normalized spacial score (nSPS) is 10.2. The minimum absolute atomic E-state index is 0.0274. The number of rotatable bonds is 6. The molecular formula is C23H17Cl2NO4. The first-order valence-corrected chi connectivity index (χ1v) is 9.67. The number of nitrogens with one attached hydrogen (secondary N) is 1. The van der Waals surface area contributed by atoms with Gasteiger partial charge >= 0.3 is 12.1 Å². The van der Waals surface area contributed by atoms with E-state index in [0.717, 1.165) is 16.7 Å². The van der Waals surface area contributed by atoms with E-state index in [1.807, 2.05) is 24.3 Å². The van der Waals surface area contributed by atoms with Crippen molar-refractivity contribution in [3.63, 3.8) is 0 Å². The van der Waals surface area contributed by atoms with Gasteiger partial charge in [-0.2, -0.15) is 0 Å². The molecule has 0 saturated carbocycles. The van der Waals surface area contributed by atoms with Gasteiger partial charge in [-0.05, 0) is 71.3 Å². The van der Waals surface area contributed by atoms with Crippen molar-refractivity contribution < 1.29 is 19.4 Å². The number of hydrogen-bond donors (Lipinski definition) is 2. The number of ether oxygens (including phenoxy) is 1. The molecule has 5 nitrogen and oxygen atoms in total. The van der Waals surface area contributed by atoms with E-state index in [2.05, 4.69) is 5.32 Å². The third-order valence-electron chi connectivity index (χ3n) is 4.19. The third kappa shape index (κ3) is 5.86. The monoisotopic (exact) mass is 441 g/mol. The summed E-state index contributed by atoms with van der Waals surface area (Å²) in [5, 5.41) is 12.7. The third-order valence-corrected chi connectivity index (χ3v) is 4.69. The maximum atomic E-state index is 12.1. The van der Waals surface area contributed by atoms with Crippen LogP contribution in [0.1, 0.15) is 21.5 Å². The van der Waals surface area contributed by atoms with Gasteiger partial charge in [-0.3, -0.25) is 5.32 Å². The zero-order valence-electron chi connectivity index (χ0n) is 15.6. The predicted molar refractivity (Wildman–Crippen MR) is 118 cm³/mol. The summed E-state index contributed by atoms with van der Waals surface area (Å²) in [5.41, 5.74) is 3.25. The van der Waals surface area contributed by atoms with Gasteiger partial charge in [0.1, 0.15) is 6.61 Å². The summed E-state index contributed by atoms with van der Waals surface area (Å²) in [6, 6.07) is 20.5. The van der Waals surface area contributed by atoms with Gasteiger partial charge in [0.2, 0.25) is 0 Å². The molecule has 0 heterocycles. The highest BCUT2D eigenvalue weighted by molar-refractivity contribution is 6.31. The van der Waals surface area contributed by atoms with Gasteiger partial charge in [-0.1, -0.05) is 47.5 Å². The molecule has 3 aromatic rings. The van der Waals surface area contributed by atoms with Crippen LogP contribution in [0.3, 0.4) is 0 Å². The summed E-state index contributed by atoms with van der Waals surface area (Å²) in [6.07, 6.45) is 1.14. The second kappa shape index (κ2) is 9.96. The van der Waals surface area contributed by atoms with Crippen LogP contribution in [0, 0.1) is 0 Å². The van der Waals surface area contributed by atoms with E-state index in [1.165, 1.54) is 24.3 Å². The van der Waals surface area contributed by atoms with Crippen molar-refractivity contribution in [2.75, 3.05) is 11.9 Å². The number of carbonyl (C=O) groups is 2. The van der Waals surface area contributed by atoms with Gasteiger partial charge in [0, 0.05) is 15.7 Å². The van der Waals surface area contributed by atoms with Crippen molar-refractivity contribution in [2.24, 2.45) is 0 Å². The summed E-state index contributed by atoms with van der Waals surface area (Å²) >= 11 is 12.0. The zero-order valence-corrected chi connectivity index (χ0v) is 17.2. The Morgan fingerprint density at radius 2 is 1.27 bits per heavy atom. The first-order chi connectivity index (χ1) is 14.4. The smallest absolute Gasteiger partial charge is 0.411 e. The summed E-state index contributed by atoms with van der Waals surface area (Å²) < 4.78 is 5.25. The Bertz CT molecular complexity index is 1010. The number of aromatic carboxylic acids is 1. The second-order valence-electron chi connectivity index (χ2n) is 6.24. The number of hydrogen-bond acceptors (Lipinski definition) is 3. The van der Waals surface area contributed by atoms with Crippen molar-refractivity contribution in [1.82, 2.24) is 0 Å². The molecule has 0 aromatic heterocycles. The van der Waals surface area contributed by atoms with Gasteiger partial charge in [-0.25, -0.2) is 9.59 Å². The Morgan fingerprint density at radius 3 is 1.73 bits per heavy atom. The van der Waals surface area contributed by atoms with Gasteiger partial charge in [-0.15, -0.1) is 0 Å². The highest BCUT2D eigenvalue weighted by Gasteiger charge is 2.08. The van der Waals surface area contributed by atoms with Crippen molar-refractivity contribution >= 4 is 46.5 Å². The lowest BCUT2D eigenvalue weighted by atomic mass is 9.98. The van der Waals surface area contributed by atoms with Crippen LogP contribution in [-0.2, 0) is 4.74 Å². The second-order valence-corrected chi connectivity index (χ2v) is 7.11. The number of carboxylic acid groups (broad SMARTS) is 1. The summed E-state index contributed by atoms with van der Waals surface area (Å²) in [7, 11) is 0. The van der Waals surface area contributed by atoms with Crippen molar-refractivity contribution in [2.45, 2.75) is 0 Å². The van der Waals surface area contributed by atoms with Gasteiger partial charge < -0.3 is 9.84 Å². The topological polar surface area (TPSA) is 75.6 Å². The maximum Gasteiger partial charge on any atom is 0.411 e. The predicted octanol–water partition coefficient (Wildman–Crippen LogP) is 6.37. The van der Waals surface area contributed by atoms with Crippen LogP contribution in [-0.4, -0.2) is 23.8 Å². The maximum absolute atomic E-state index is 12.1. The van der Waals surface area contributed by atoms with Crippen LogP contribution in [0.5, 0.6) is 0 Å². The fourth-order valence-electron chi connectivity index (χ4n) is 2.71. The molecule has 3 aromatic carbocycles. The molecule has 0 saturated heterocycles. The molecule has 0 aliphatic rings. The molecule has 0 spiro atoms. The molecule has 30 heavy (non-hydrogen) atoms. The minimum atomic E-state index is -1.04. The highest BCUT2D eigenvalue weighted by atomic mass is 35.5. The Kier molecular flexibility index (Phi) is 7.12. The molecule has 0 fully saturated rings. The molecular weight excluding hydrogens is 425 g/mol. The molecule has 7 heteroatoms. The average Bonchev–Trinajstić information content (AvgIpc) is 2.73. The molecule has 0 aliphatic carbocycles. The quantitative estimate of drug-likeness (QED) is 0.465. The molecule has 152 valence electrons. The first kappa shape index (κ1) is 21.4. The van der Waals surface area contributed by atoms with E-state index < -0.39 is 12.1 Å². The van der Waals surface area contributed by atoms with Crippen LogP contribution in [0.25, 0.3) is 5.57 Å². The Balaban J connectivity index is 1.70. The van der Waals surface area contributed by atoms with E-state index in [1.54, 1.807) is 30.3 Å². The van der Waals surface area contributed by atoms with Crippen LogP contribution >= 0.6 is 23.2 Å². The lowest BCUT2D eigenvalue weighted by molar-refractivity contribution is 0.0697. The SMILES string of the molecule is O=C(Nc1ccc(C(=O)O)cc1)OCC=C(c1ccc(Cl)cc1)c1ccc(Cl)cc1. The fraction of sp³-hybridized carbons (Fsp3) is 0.0435. The summed E-state index contributed by atoms with van der Waals surface area (Å²) in [4.78, 5) is 22.9. The zero-order chi connectivity index (χ0) is 21.5. The standard InChI is InChI=1S/C23H17Cl2NO4/c24-18-7-1-15(2-8-18)21(16-3-9-19(25)10-4-16)13-14-30-23(29)26-20-11-5-17(6-12-20)22(27)28/h1-13H,14H2,(H,26,29)(H,27,28). The van der Waals surface area contributed by atoms with E-state index in [9.17, 15) is 9.59 Å². The van der Waals surface area contributed by atoms with E-state index in [4.69, 9.17) is 33.0 Å². The van der Waals surface area contributed by atoms with Crippen molar-refractivity contribution in [1.29, 1.82) is 0 Å². The highest BCUT2D eigenvalue weighted by Crippen LogP contribution is 2.26. The molecule has 2 N–H and O–H groups in total.